The van der Waals surface area contributed by atoms with Gasteiger partial charge in [-0.15, -0.1) is 0 Å². The molecule has 0 saturated carbocycles. The highest BCUT2D eigenvalue weighted by molar-refractivity contribution is 9.10. The summed E-state index contributed by atoms with van der Waals surface area (Å²) in [6.45, 7) is 5.81. The monoisotopic (exact) mass is 417 g/mol. The van der Waals surface area contributed by atoms with Gasteiger partial charge in [0, 0.05) is 10.2 Å². The van der Waals surface area contributed by atoms with Gasteiger partial charge in [0.05, 0.1) is 6.42 Å². The maximum Gasteiger partial charge on any atom is 0.311 e. The number of carbonyl (C=O) groups excluding carboxylic acids is 2. The number of benzene rings is 2. The van der Waals surface area contributed by atoms with E-state index < -0.39 is 12.1 Å². The van der Waals surface area contributed by atoms with Gasteiger partial charge in [-0.05, 0) is 48.6 Å². The zero-order valence-corrected chi connectivity index (χ0v) is 16.9. The van der Waals surface area contributed by atoms with Crippen molar-refractivity contribution in [2.45, 2.75) is 45.6 Å². The third-order valence-corrected chi connectivity index (χ3v) is 4.83. The Morgan fingerprint density at radius 2 is 1.73 bits per heavy atom. The molecule has 0 saturated heterocycles. The number of amides is 1. The van der Waals surface area contributed by atoms with Crippen molar-refractivity contribution in [2.24, 2.45) is 0 Å². The molecule has 4 nitrogen and oxygen atoms in total. The van der Waals surface area contributed by atoms with Crippen molar-refractivity contribution in [3.63, 3.8) is 0 Å². The molecule has 0 bridgehead atoms. The van der Waals surface area contributed by atoms with E-state index in [-0.39, 0.29) is 12.3 Å². The van der Waals surface area contributed by atoms with Crippen molar-refractivity contribution in [1.82, 2.24) is 0 Å². The number of anilines is 1. The highest BCUT2D eigenvalue weighted by atomic mass is 79.9. The fourth-order valence-electron chi connectivity index (χ4n) is 2.56. The Kier molecular flexibility index (Phi) is 7.39. The van der Waals surface area contributed by atoms with Crippen molar-refractivity contribution in [1.29, 1.82) is 0 Å². The molecular formula is C21H24BrNO3. The molecule has 1 amide bonds. The van der Waals surface area contributed by atoms with E-state index in [1.807, 2.05) is 48.5 Å². The lowest BCUT2D eigenvalue weighted by atomic mass is 9.97. The summed E-state index contributed by atoms with van der Waals surface area (Å²) < 4.78 is 6.23. The summed E-state index contributed by atoms with van der Waals surface area (Å²) in [5.41, 5.74) is 2.69. The lowest BCUT2D eigenvalue weighted by Gasteiger charge is -2.18. The lowest BCUT2D eigenvalue weighted by molar-refractivity contribution is -0.152. The highest BCUT2D eigenvalue weighted by Gasteiger charge is 2.20. The van der Waals surface area contributed by atoms with E-state index in [1.165, 1.54) is 0 Å². The van der Waals surface area contributed by atoms with E-state index in [0.29, 0.717) is 5.92 Å². The zero-order valence-electron chi connectivity index (χ0n) is 15.3. The molecule has 0 aliphatic rings. The predicted molar refractivity (Wildman–Crippen MR) is 107 cm³/mol. The number of ether oxygens (including phenoxy) is 1. The first kappa shape index (κ1) is 20.2. The van der Waals surface area contributed by atoms with Crippen LogP contribution in [0.2, 0.25) is 0 Å². The van der Waals surface area contributed by atoms with Crippen LogP contribution in [0.25, 0.3) is 0 Å². The molecule has 2 atom stereocenters. The van der Waals surface area contributed by atoms with E-state index in [0.717, 1.165) is 27.7 Å². The molecule has 26 heavy (non-hydrogen) atoms. The van der Waals surface area contributed by atoms with E-state index >= 15 is 0 Å². The minimum Gasteiger partial charge on any atom is -0.452 e. The molecule has 0 aliphatic heterocycles. The topological polar surface area (TPSA) is 55.4 Å². The van der Waals surface area contributed by atoms with Crippen LogP contribution in [0.4, 0.5) is 5.69 Å². The molecule has 0 radical (unpaired) electrons. The van der Waals surface area contributed by atoms with Crippen molar-refractivity contribution >= 4 is 33.5 Å². The largest absolute Gasteiger partial charge is 0.452 e. The standard InChI is InChI=1S/C21H24BrNO3/c1-4-14(2)18-7-5-6-8-19(18)23-21(25)15(3)26-20(24)13-16-9-11-17(22)12-10-16/h5-12,14-15H,4,13H2,1-3H3,(H,23,25). The van der Waals surface area contributed by atoms with Crippen LogP contribution in [0.3, 0.4) is 0 Å². The summed E-state index contributed by atoms with van der Waals surface area (Å²) in [5, 5.41) is 2.88. The minimum absolute atomic E-state index is 0.133. The van der Waals surface area contributed by atoms with Crippen molar-refractivity contribution in [3.05, 3.63) is 64.1 Å². The first-order valence-corrected chi connectivity index (χ1v) is 9.53. The molecule has 2 aromatic carbocycles. The maximum atomic E-state index is 12.4. The number of para-hydroxylation sites is 1. The predicted octanol–water partition coefficient (Wildman–Crippen LogP) is 5.08. The SMILES string of the molecule is CCC(C)c1ccccc1NC(=O)C(C)OC(=O)Cc1ccc(Br)cc1. The normalized spacial score (nSPS) is 12.9. The lowest BCUT2D eigenvalue weighted by Crippen LogP contribution is -2.30. The zero-order chi connectivity index (χ0) is 19.1. The van der Waals surface area contributed by atoms with Crippen LogP contribution in [-0.4, -0.2) is 18.0 Å². The van der Waals surface area contributed by atoms with Gasteiger partial charge in [-0.1, -0.05) is 60.1 Å². The fraction of sp³-hybridized carbons (Fsp3) is 0.333. The van der Waals surface area contributed by atoms with E-state index in [2.05, 4.69) is 35.1 Å². The minimum atomic E-state index is -0.858. The summed E-state index contributed by atoms with van der Waals surface area (Å²) in [6.07, 6.45) is 0.252. The smallest absolute Gasteiger partial charge is 0.311 e. The Morgan fingerprint density at radius 3 is 2.38 bits per heavy atom. The number of carbonyl (C=O) groups is 2. The molecule has 0 aromatic heterocycles. The second-order valence-corrected chi connectivity index (χ2v) is 7.24. The van der Waals surface area contributed by atoms with Gasteiger partial charge in [0.25, 0.3) is 5.91 Å². The van der Waals surface area contributed by atoms with Gasteiger partial charge >= 0.3 is 5.97 Å². The molecule has 2 unspecified atom stereocenters. The quantitative estimate of drug-likeness (QED) is 0.639. The van der Waals surface area contributed by atoms with Crippen LogP contribution in [0.1, 0.15) is 44.2 Å². The Bertz CT molecular complexity index is 758. The van der Waals surface area contributed by atoms with Gasteiger partial charge in [-0.3, -0.25) is 9.59 Å². The van der Waals surface area contributed by atoms with E-state index in [1.54, 1.807) is 6.92 Å². The highest BCUT2D eigenvalue weighted by Crippen LogP contribution is 2.26. The number of nitrogens with one attached hydrogen (secondary N) is 1. The van der Waals surface area contributed by atoms with Crippen molar-refractivity contribution in [3.8, 4) is 0 Å². The Labute approximate surface area is 163 Å². The number of hydrogen-bond acceptors (Lipinski definition) is 3. The van der Waals surface area contributed by atoms with Gasteiger partial charge in [-0.2, -0.15) is 0 Å². The number of halogens is 1. The molecular weight excluding hydrogens is 394 g/mol. The van der Waals surface area contributed by atoms with Crippen LogP contribution >= 0.6 is 15.9 Å². The first-order valence-electron chi connectivity index (χ1n) is 8.74. The number of rotatable bonds is 7. The third kappa shape index (κ3) is 5.70. The van der Waals surface area contributed by atoms with E-state index in [4.69, 9.17) is 4.74 Å². The Hall–Kier alpha value is -2.14. The van der Waals surface area contributed by atoms with Crippen LogP contribution in [-0.2, 0) is 20.7 Å². The summed E-state index contributed by atoms with van der Waals surface area (Å²) in [4.78, 5) is 24.5. The first-order chi connectivity index (χ1) is 12.4. The van der Waals surface area contributed by atoms with E-state index in [9.17, 15) is 9.59 Å². The third-order valence-electron chi connectivity index (χ3n) is 4.30. The van der Waals surface area contributed by atoms with Crippen LogP contribution in [0.5, 0.6) is 0 Å². The summed E-state index contributed by atoms with van der Waals surface area (Å²) in [5.74, 6) is -0.420. The molecule has 1 N–H and O–H groups in total. The van der Waals surface area contributed by atoms with Crippen LogP contribution in [0, 0.1) is 0 Å². The van der Waals surface area contributed by atoms with Crippen molar-refractivity contribution in [2.75, 3.05) is 5.32 Å². The second-order valence-electron chi connectivity index (χ2n) is 6.32. The summed E-state index contributed by atoms with van der Waals surface area (Å²) in [7, 11) is 0. The van der Waals surface area contributed by atoms with Crippen LogP contribution < -0.4 is 5.32 Å². The van der Waals surface area contributed by atoms with Gasteiger partial charge < -0.3 is 10.1 Å². The van der Waals surface area contributed by atoms with Crippen LogP contribution in [0.15, 0.2) is 53.0 Å². The summed E-state index contributed by atoms with van der Waals surface area (Å²) in [6, 6.07) is 15.1. The molecule has 138 valence electrons. The maximum absolute atomic E-state index is 12.4. The molecule has 0 fully saturated rings. The second kappa shape index (κ2) is 9.53. The Morgan fingerprint density at radius 1 is 1.08 bits per heavy atom. The molecule has 2 aromatic rings. The van der Waals surface area contributed by atoms with Gasteiger partial charge in [0.15, 0.2) is 6.10 Å². The van der Waals surface area contributed by atoms with Gasteiger partial charge in [-0.25, -0.2) is 0 Å². The molecule has 0 heterocycles. The number of esters is 1. The molecule has 2 rings (SSSR count). The van der Waals surface area contributed by atoms with Gasteiger partial charge in [0.2, 0.25) is 0 Å². The molecule has 5 heteroatoms. The average molecular weight is 418 g/mol. The van der Waals surface area contributed by atoms with Gasteiger partial charge in [0.1, 0.15) is 0 Å². The average Bonchev–Trinajstić information content (AvgIpc) is 2.63. The molecule has 0 spiro atoms. The molecule has 0 aliphatic carbocycles. The van der Waals surface area contributed by atoms with Crippen molar-refractivity contribution < 1.29 is 14.3 Å². The fourth-order valence-corrected chi connectivity index (χ4v) is 2.82. The Balaban J connectivity index is 1.95. The summed E-state index contributed by atoms with van der Waals surface area (Å²) >= 11 is 3.35. The number of hydrogen-bond donors (Lipinski definition) is 1.